The van der Waals surface area contributed by atoms with E-state index < -0.39 is 10.0 Å². The van der Waals surface area contributed by atoms with Gasteiger partial charge in [-0.1, -0.05) is 0 Å². The number of piperazine rings is 1. The zero-order chi connectivity index (χ0) is 12.9. The van der Waals surface area contributed by atoms with Gasteiger partial charge in [-0.2, -0.15) is 9.57 Å². The molecule has 6 nitrogen and oxygen atoms in total. The molecule has 0 spiro atoms. The third kappa shape index (κ3) is 4.53. The van der Waals surface area contributed by atoms with Gasteiger partial charge in [0.05, 0.1) is 23.8 Å². The van der Waals surface area contributed by atoms with E-state index in [0.29, 0.717) is 31.9 Å². The maximum atomic E-state index is 11.7. The molecule has 0 unspecified atom stereocenters. The van der Waals surface area contributed by atoms with Crippen LogP contribution in [0, 0.1) is 11.3 Å². The van der Waals surface area contributed by atoms with Crippen molar-refractivity contribution in [2.45, 2.75) is 0 Å². The lowest BCUT2D eigenvalue weighted by Gasteiger charge is -2.33. The maximum Gasteiger partial charge on any atom is 0.232 e. The van der Waals surface area contributed by atoms with Crippen molar-refractivity contribution in [1.29, 1.82) is 5.26 Å². The van der Waals surface area contributed by atoms with Gasteiger partial charge in [0.25, 0.3) is 0 Å². The summed E-state index contributed by atoms with van der Waals surface area (Å²) in [6.45, 7) is 1.57. The van der Waals surface area contributed by atoms with Crippen LogP contribution in [0.4, 0.5) is 0 Å². The molecule has 0 aromatic carbocycles. The van der Waals surface area contributed by atoms with Crippen LogP contribution in [0.3, 0.4) is 0 Å². The van der Waals surface area contributed by atoms with Gasteiger partial charge in [0.2, 0.25) is 15.9 Å². The van der Waals surface area contributed by atoms with Crippen molar-refractivity contribution < 1.29 is 13.2 Å². The van der Waals surface area contributed by atoms with E-state index in [0.717, 1.165) is 0 Å². The smallest absolute Gasteiger partial charge is 0.232 e. The van der Waals surface area contributed by atoms with Gasteiger partial charge >= 0.3 is 0 Å². The fourth-order valence-corrected chi connectivity index (χ4v) is 2.92. The Morgan fingerprint density at radius 2 is 1.94 bits per heavy atom. The summed E-state index contributed by atoms with van der Waals surface area (Å²) in [5.74, 6) is 0.556. The predicted octanol–water partition coefficient (Wildman–Crippen LogP) is -0.653. The third-order valence-corrected chi connectivity index (χ3v) is 4.54. The van der Waals surface area contributed by atoms with E-state index in [4.69, 9.17) is 5.26 Å². The van der Waals surface area contributed by atoms with E-state index in [1.165, 1.54) is 22.3 Å². The van der Waals surface area contributed by atoms with Crippen LogP contribution in [0.15, 0.2) is 0 Å². The number of amides is 1. The zero-order valence-electron chi connectivity index (χ0n) is 9.63. The van der Waals surface area contributed by atoms with Crippen molar-refractivity contribution in [3.05, 3.63) is 0 Å². The molecule has 1 heterocycles. The second kappa shape index (κ2) is 6.23. The topological polar surface area (TPSA) is 81.5 Å². The molecular formula is C9H15N3O3S2. The Kier molecular flexibility index (Phi) is 5.24. The summed E-state index contributed by atoms with van der Waals surface area (Å²) in [6.07, 6.45) is 1.17. The first-order chi connectivity index (χ1) is 7.95. The Bertz CT molecular complexity index is 408. The highest BCUT2D eigenvalue weighted by Gasteiger charge is 2.25. The highest BCUT2D eigenvalue weighted by Crippen LogP contribution is 2.08. The molecule has 0 aromatic heterocycles. The average molecular weight is 277 g/mol. The van der Waals surface area contributed by atoms with Crippen LogP contribution in [0.2, 0.25) is 0 Å². The first-order valence-corrected chi connectivity index (χ1v) is 8.13. The molecule has 96 valence electrons. The second-order valence-electron chi connectivity index (χ2n) is 3.69. The van der Waals surface area contributed by atoms with Crippen molar-refractivity contribution in [2.75, 3.05) is 43.9 Å². The number of nitrogens with zero attached hydrogens (tertiary/aromatic N) is 3. The molecule has 0 radical (unpaired) electrons. The lowest BCUT2D eigenvalue weighted by atomic mass is 10.3. The Hall–Kier alpha value is -0.780. The van der Waals surface area contributed by atoms with E-state index in [1.54, 1.807) is 4.90 Å². The van der Waals surface area contributed by atoms with Crippen LogP contribution < -0.4 is 0 Å². The van der Waals surface area contributed by atoms with Crippen molar-refractivity contribution in [2.24, 2.45) is 0 Å². The zero-order valence-corrected chi connectivity index (χ0v) is 11.3. The molecule has 1 saturated heterocycles. The molecule has 1 amide bonds. The van der Waals surface area contributed by atoms with E-state index in [2.05, 4.69) is 0 Å². The molecule has 0 atom stereocenters. The lowest BCUT2D eigenvalue weighted by Crippen LogP contribution is -2.50. The minimum Gasteiger partial charge on any atom is -0.339 e. The average Bonchev–Trinajstić information content (AvgIpc) is 2.28. The van der Waals surface area contributed by atoms with Gasteiger partial charge in [-0.25, -0.2) is 8.42 Å². The fourth-order valence-electron chi connectivity index (χ4n) is 1.54. The summed E-state index contributed by atoms with van der Waals surface area (Å²) in [6, 6.07) is 1.96. The van der Waals surface area contributed by atoms with Gasteiger partial charge in [-0.15, -0.1) is 11.8 Å². The number of thioether (sulfide) groups is 1. The number of carbonyl (C=O) groups excluding carboxylic acids is 1. The van der Waals surface area contributed by atoms with Crippen LogP contribution in [0.25, 0.3) is 0 Å². The summed E-state index contributed by atoms with van der Waals surface area (Å²) < 4.78 is 23.9. The predicted molar refractivity (Wildman–Crippen MR) is 65.9 cm³/mol. The molecule has 0 N–H and O–H groups in total. The number of carbonyl (C=O) groups is 1. The molecule has 0 saturated carbocycles. The largest absolute Gasteiger partial charge is 0.339 e. The summed E-state index contributed by atoms with van der Waals surface area (Å²) in [4.78, 5) is 13.3. The molecule has 1 aliphatic rings. The van der Waals surface area contributed by atoms with Gasteiger partial charge in [-0.05, 0) is 0 Å². The van der Waals surface area contributed by atoms with E-state index in [9.17, 15) is 13.2 Å². The monoisotopic (exact) mass is 277 g/mol. The second-order valence-corrected chi connectivity index (χ2v) is 6.66. The molecule has 0 aromatic rings. The lowest BCUT2D eigenvalue weighted by molar-refractivity contribution is -0.129. The van der Waals surface area contributed by atoms with E-state index in [-0.39, 0.29) is 11.7 Å². The molecule has 8 heteroatoms. The number of hydrogen-bond donors (Lipinski definition) is 0. The highest BCUT2D eigenvalue weighted by molar-refractivity contribution is 8.00. The van der Waals surface area contributed by atoms with Gasteiger partial charge in [0.15, 0.2) is 0 Å². The summed E-state index contributed by atoms with van der Waals surface area (Å²) >= 11 is 1.28. The molecule has 1 rings (SSSR count). The van der Waals surface area contributed by atoms with Crippen molar-refractivity contribution >= 4 is 27.7 Å². The first-order valence-electron chi connectivity index (χ1n) is 5.12. The van der Waals surface area contributed by atoms with Gasteiger partial charge < -0.3 is 4.90 Å². The van der Waals surface area contributed by atoms with E-state index >= 15 is 0 Å². The SMILES string of the molecule is CS(=O)(=O)N1CCN(C(=O)CSCC#N)CC1. The maximum absolute atomic E-state index is 11.7. The molecule has 0 bridgehead atoms. The van der Waals surface area contributed by atoms with Crippen LogP contribution >= 0.6 is 11.8 Å². The fraction of sp³-hybridized carbons (Fsp3) is 0.778. The standard InChI is InChI=1S/C9H15N3O3S2/c1-17(14,15)12-5-3-11(4-6-12)9(13)8-16-7-2-10/h3-8H2,1H3. The number of sulfonamides is 1. The quantitative estimate of drug-likeness (QED) is 0.638. The minimum atomic E-state index is -3.15. The van der Waals surface area contributed by atoms with Gasteiger partial charge in [-0.3, -0.25) is 4.79 Å². The number of rotatable bonds is 4. The number of hydrogen-bond acceptors (Lipinski definition) is 5. The summed E-state index contributed by atoms with van der Waals surface area (Å²) in [7, 11) is -3.15. The Morgan fingerprint density at radius 1 is 1.35 bits per heavy atom. The van der Waals surface area contributed by atoms with Crippen LogP contribution in [0.5, 0.6) is 0 Å². The molecule has 0 aliphatic carbocycles. The first kappa shape index (κ1) is 14.3. The Balaban J connectivity index is 2.37. The van der Waals surface area contributed by atoms with Crippen LogP contribution in [-0.2, 0) is 14.8 Å². The number of nitriles is 1. The van der Waals surface area contributed by atoms with E-state index in [1.807, 2.05) is 6.07 Å². The molecule has 1 aliphatic heterocycles. The Labute approximate surface area is 106 Å². The van der Waals surface area contributed by atoms with Crippen molar-refractivity contribution in [3.63, 3.8) is 0 Å². The molecule has 1 fully saturated rings. The van der Waals surface area contributed by atoms with Crippen LogP contribution in [0.1, 0.15) is 0 Å². The minimum absolute atomic E-state index is 0.0293. The van der Waals surface area contributed by atoms with Gasteiger partial charge in [0.1, 0.15) is 0 Å². The van der Waals surface area contributed by atoms with Gasteiger partial charge in [0, 0.05) is 26.2 Å². The van der Waals surface area contributed by atoms with Crippen LogP contribution in [-0.4, -0.2) is 67.5 Å². The van der Waals surface area contributed by atoms with Crippen molar-refractivity contribution in [1.82, 2.24) is 9.21 Å². The summed E-state index contributed by atoms with van der Waals surface area (Å²) in [5.41, 5.74) is 0. The molecular weight excluding hydrogens is 262 g/mol. The molecule has 17 heavy (non-hydrogen) atoms. The van der Waals surface area contributed by atoms with Crippen molar-refractivity contribution in [3.8, 4) is 6.07 Å². The highest BCUT2D eigenvalue weighted by atomic mass is 32.2. The summed E-state index contributed by atoms with van der Waals surface area (Å²) in [5, 5.41) is 8.34. The normalized spacial score (nSPS) is 17.8. The Morgan fingerprint density at radius 3 is 2.41 bits per heavy atom. The third-order valence-electron chi connectivity index (χ3n) is 2.45.